The number of aromatic nitrogens is 1. The molecule has 0 bridgehead atoms. The quantitative estimate of drug-likeness (QED) is 0.446. The third-order valence-electron chi connectivity index (χ3n) is 2.37. The molecule has 0 radical (unpaired) electrons. The molecule has 0 saturated heterocycles. The lowest BCUT2D eigenvalue weighted by atomic mass is 10.1. The SMILES string of the molecule is CCOC(=O)Cc1cc(CCl)c(C(F)F)c(OC(F)(F)F)n1. The highest BCUT2D eigenvalue weighted by molar-refractivity contribution is 6.17. The zero-order valence-electron chi connectivity index (χ0n) is 11.2. The number of hydrogen-bond acceptors (Lipinski definition) is 4. The Labute approximate surface area is 127 Å². The van der Waals surface area contributed by atoms with E-state index in [1.807, 2.05) is 0 Å². The van der Waals surface area contributed by atoms with Gasteiger partial charge in [0.15, 0.2) is 0 Å². The molecule has 0 aliphatic rings. The molecule has 0 aliphatic heterocycles. The minimum atomic E-state index is -5.21. The van der Waals surface area contributed by atoms with Gasteiger partial charge in [0.25, 0.3) is 6.43 Å². The summed E-state index contributed by atoms with van der Waals surface area (Å²) in [6.07, 6.45) is -8.96. The smallest absolute Gasteiger partial charge is 0.466 e. The number of hydrogen-bond donors (Lipinski definition) is 0. The van der Waals surface area contributed by atoms with Crippen molar-refractivity contribution in [1.29, 1.82) is 0 Å². The van der Waals surface area contributed by atoms with E-state index in [0.29, 0.717) is 0 Å². The van der Waals surface area contributed by atoms with Crippen molar-refractivity contribution in [2.24, 2.45) is 0 Å². The van der Waals surface area contributed by atoms with Crippen LogP contribution >= 0.6 is 11.6 Å². The van der Waals surface area contributed by atoms with Crippen molar-refractivity contribution >= 4 is 17.6 Å². The second-order valence-corrected chi connectivity index (χ2v) is 4.22. The molecule has 0 spiro atoms. The molecule has 124 valence electrons. The number of ether oxygens (including phenoxy) is 2. The van der Waals surface area contributed by atoms with E-state index >= 15 is 0 Å². The van der Waals surface area contributed by atoms with Crippen LogP contribution in [-0.4, -0.2) is 23.9 Å². The van der Waals surface area contributed by atoms with Crippen LogP contribution in [0.4, 0.5) is 22.0 Å². The first-order valence-electron chi connectivity index (χ1n) is 5.96. The van der Waals surface area contributed by atoms with Gasteiger partial charge in [0.2, 0.25) is 5.88 Å². The van der Waals surface area contributed by atoms with Gasteiger partial charge in [-0.1, -0.05) is 0 Å². The molecule has 22 heavy (non-hydrogen) atoms. The first-order chi connectivity index (χ1) is 10.2. The van der Waals surface area contributed by atoms with Crippen molar-refractivity contribution in [3.05, 3.63) is 22.9 Å². The molecule has 0 aliphatic carbocycles. The number of halogens is 6. The predicted octanol–water partition coefficient (Wildman–Crippen LogP) is 3.76. The summed E-state index contributed by atoms with van der Waals surface area (Å²) in [6, 6.07) is 1.02. The van der Waals surface area contributed by atoms with Crippen LogP contribution in [0.3, 0.4) is 0 Å². The van der Waals surface area contributed by atoms with Crippen LogP contribution in [0.25, 0.3) is 0 Å². The minimum Gasteiger partial charge on any atom is -0.466 e. The lowest BCUT2D eigenvalue weighted by molar-refractivity contribution is -0.276. The summed E-state index contributed by atoms with van der Waals surface area (Å²) in [5.74, 6) is -2.58. The van der Waals surface area contributed by atoms with Gasteiger partial charge in [-0.15, -0.1) is 24.8 Å². The molecule has 4 nitrogen and oxygen atoms in total. The maximum atomic E-state index is 12.9. The van der Waals surface area contributed by atoms with Gasteiger partial charge in [-0.2, -0.15) is 0 Å². The van der Waals surface area contributed by atoms with Crippen molar-refractivity contribution in [1.82, 2.24) is 4.98 Å². The van der Waals surface area contributed by atoms with Gasteiger partial charge in [-0.05, 0) is 18.6 Å². The van der Waals surface area contributed by atoms with Crippen LogP contribution in [0.15, 0.2) is 6.07 Å². The number of alkyl halides is 6. The van der Waals surface area contributed by atoms with Gasteiger partial charge >= 0.3 is 12.3 Å². The molecule has 0 fully saturated rings. The highest BCUT2D eigenvalue weighted by Crippen LogP contribution is 2.35. The van der Waals surface area contributed by atoms with Crippen LogP contribution < -0.4 is 4.74 Å². The fraction of sp³-hybridized carbons (Fsp3) is 0.500. The standard InChI is InChI=1S/C12H11ClF5NO3/c1-2-21-8(20)4-7-3-6(5-13)9(10(14)15)11(19-7)22-12(16,17)18/h3,10H,2,4-5H2,1H3. The molecule has 0 unspecified atom stereocenters. The normalized spacial score (nSPS) is 11.6. The van der Waals surface area contributed by atoms with E-state index in [9.17, 15) is 26.7 Å². The summed E-state index contributed by atoms with van der Waals surface area (Å²) >= 11 is 5.47. The third-order valence-corrected chi connectivity index (χ3v) is 2.66. The van der Waals surface area contributed by atoms with E-state index in [2.05, 4.69) is 14.5 Å². The molecule has 0 amide bonds. The molecule has 0 aromatic carbocycles. The topological polar surface area (TPSA) is 48.4 Å². The maximum Gasteiger partial charge on any atom is 0.574 e. The number of carbonyl (C=O) groups excluding carboxylic acids is 1. The first kappa shape index (κ1) is 18.4. The number of carbonyl (C=O) groups is 1. The van der Waals surface area contributed by atoms with Gasteiger partial charge in [0, 0.05) is 5.88 Å². The number of nitrogens with zero attached hydrogens (tertiary/aromatic N) is 1. The molecule has 1 rings (SSSR count). The molecule has 0 saturated carbocycles. The highest BCUT2D eigenvalue weighted by atomic mass is 35.5. The Hall–Kier alpha value is -1.64. The lowest BCUT2D eigenvalue weighted by Crippen LogP contribution is -2.20. The molecule has 1 heterocycles. The van der Waals surface area contributed by atoms with Crippen molar-refractivity contribution in [3.8, 4) is 5.88 Å². The molecule has 10 heteroatoms. The zero-order chi connectivity index (χ0) is 16.9. The molecule has 0 N–H and O–H groups in total. The number of esters is 1. The maximum absolute atomic E-state index is 12.9. The van der Waals surface area contributed by atoms with E-state index in [1.165, 1.54) is 6.92 Å². The van der Waals surface area contributed by atoms with Crippen molar-refractivity contribution < 1.29 is 36.2 Å². The summed E-state index contributed by atoms with van der Waals surface area (Å²) in [5.41, 5.74) is -1.57. The zero-order valence-corrected chi connectivity index (χ0v) is 12.0. The van der Waals surface area contributed by atoms with Crippen molar-refractivity contribution in [2.45, 2.75) is 32.0 Å². The van der Waals surface area contributed by atoms with Crippen LogP contribution in [0.1, 0.15) is 30.2 Å². The Morgan fingerprint density at radius 2 is 2.05 bits per heavy atom. The molecular formula is C12H11ClF5NO3. The van der Waals surface area contributed by atoms with Crippen LogP contribution in [-0.2, 0) is 21.8 Å². The first-order valence-corrected chi connectivity index (χ1v) is 6.49. The van der Waals surface area contributed by atoms with Crippen LogP contribution in [0, 0.1) is 0 Å². The van der Waals surface area contributed by atoms with Gasteiger partial charge < -0.3 is 9.47 Å². The summed E-state index contributed by atoms with van der Waals surface area (Å²) in [6.45, 7) is 1.59. The number of rotatable bonds is 6. The summed E-state index contributed by atoms with van der Waals surface area (Å²) < 4.78 is 70.9. The largest absolute Gasteiger partial charge is 0.574 e. The van der Waals surface area contributed by atoms with Crippen molar-refractivity contribution in [3.63, 3.8) is 0 Å². The Balaban J connectivity index is 3.27. The average Bonchev–Trinajstić information content (AvgIpc) is 2.35. The van der Waals surface area contributed by atoms with Crippen LogP contribution in [0.2, 0.25) is 0 Å². The molecule has 0 atom stereocenters. The minimum absolute atomic E-state index is 0.0578. The van der Waals surface area contributed by atoms with Crippen LogP contribution in [0.5, 0.6) is 5.88 Å². The van der Waals surface area contributed by atoms with E-state index in [1.54, 1.807) is 0 Å². The van der Waals surface area contributed by atoms with E-state index < -0.39 is 42.5 Å². The highest BCUT2D eigenvalue weighted by Gasteiger charge is 2.35. The van der Waals surface area contributed by atoms with Gasteiger partial charge in [-0.25, -0.2) is 13.8 Å². The number of pyridine rings is 1. The fourth-order valence-corrected chi connectivity index (χ4v) is 1.84. The van der Waals surface area contributed by atoms with Gasteiger partial charge in [-0.3, -0.25) is 4.79 Å². The average molecular weight is 348 g/mol. The Kier molecular flexibility index (Phi) is 6.34. The molecule has 1 aromatic heterocycles. The third kappa shape index (κ3) is 5.28. The van der Waals surface area contributed by atoms with Gasteiger partial charge in [0.1, 0.15) is 0 Å². The van der Waals surface area contributed by atoms with E-state index in [4.69, 9.17) is 11.6 Å². The summed E-state index contributed by atoms with van der Waals surface area (Å²) in [5, 5.41) is 0. The fourth-order valence-electron chi connectivity index (χ4n) is 1.62. The van der Waals surface area contributed by atoms with Gasteiger partial charge in [0.05, 0.1) is 24.3 Å². The Morgan fingerprint density at radius 3 is 2.50 bits per heavy atom. The lowest BCUT2D eigenvalue weighted by Gasteiger charge is -2.16. The Morgan fingerprint density at radius 1 is 1.41 bits per heavy atom. The van der Waals surface area contributed by atoms with Crippen molar-refractivity contribution in [2.75, 3.05) is 6.61 Å². The second-order valence-electron chi connectivity index (χ2n) is 3.96. The van der Waals surface area contributed by atoms with E-state index in [0.717, 1.165) is 6.07 Å². The molecule has 1 aromatic rings. The predicted molar refractivity (Wildman–Crippen MR) is 65.8 cm³/mol. The molecular weight excluding hydrogens is 337 g/mol. The summed E-state index contributed by atoms with van der Waals surface area (Å²) in [7, 11) is 0. The second kappa shape index (κ2) is 7.57. The monoisotopic (exact) mass is 347 g/mol. The summed E-state index contributed by atoms with van der Waals surface area (Å²) in [4.78, 5) is 14.6. The Bertz CT molecular complexity index is 536. The van der Waals surface area contributed by atoms with E-state index in [-0.39, 0.29) is 17.9 Å².